The van der Waals surface area contributed by atoms with E-state index in [4.69, 9.17) is 11.6 Å². The first kappa shape index (κ1) is 17.9. The van der Waals surface area contributed by atoms with Crippen LogP contribution in [0.3, 0.4) is 0 Å². The van der Waals surface area contributed by atoms with Crippen molar-refractivity contribution in [3.63, 3.8) is 0 Å². The van der Waals surface area contributed by atoms with Crippen LogP contribution < -0.4 is 10.1 Å². The van der Waals surface area contributed by atoms with E-state index in [1.807, 2.05) is 0 Å². The van der Waals surface area contributed by atoms with Crippen molar-refractivity contribution in [3.8, 4) is 5.75 Å². The van der Waals surface area contributed by atoms with Gasteiger partial charge in [-0.1, -0.05) is 23.7 Å². The maximum Gasteiger partial charge on any atom is 0.387 e. The molecule has 5 nitrogen and oxygen atoms in total. The zero-order chi connectivity index (χ0) is 17.4. The van der Waals surface area contributed by atoms with Crippen LogP contribution in [0.4, 0.5) is 8.78 Å². The van der Waals surface area contributed by atoms with E-state index in [1.165, 1.54) is 18.2 Å². The number of halogens is 3. The molecule has 24 heavy (non-hydrogen) atoms. The first-order chi connectivity index (χ1) is 11.5. The molecule has 0 atom stereocenters. The zero-order valence-electron chi connectivity index (χ0n) is 12.7. The SMILES string of the molecule is O=C(/C=C\c1ccc(OC(F)F)cc1)NCCCn1cc(Cl)cn1. The summed E-state index contributed by atoms with van der Waals surface area (Å²) >= 11 is 5.75. The van der Waals surface area contributed by atoms with Gasteiger partial charge in [0.15, 0.2) is 0 Å². The summed E-state index contributed by atoms with van der Waals surface area (Å²) in [5, 5.41) is 7.35. The Morgan fingerprint density at radius 2 is 2.12 bits per heavy atom. The Labute approximate surface area is 142 Å². The van der Waals surface area contributed by atoms with Crippen LogP contribution in [0.15, 0.2) is 42.7 Å². The second-order valence-electron chi connectivity index (χ2n) is 4.85. The lowest BCUT2D eigenvalue weighted by Crippen LogP contribution is -2.23. The standard InChI is InChI=1S/C16H16ClF2N3O2/c17-13-10-21-22(11-13)9-1-8-20-15(23)7-4-12-2-5-14(6-3-12)24-16(18)19/h2-7,10-11,16H,1,8-9H2,(H,20,23)/b7-4-. The molecule has 0 spiro atoms. The molecule has 0 aliphatic carbocycles. The van der Waals surface area contributed by atoms with E-state index in [1.54, 1.807) is 35.3 Å². The highest BCUT2D eigenvalue weighted by molar-refractivity contribution is 6.30. The summed E-state index contributed by atoms with van der Waals surface area (Å²) < 4.78 is 30.0. The topological polar surface area (TPSA) is 56.1 Å². The minimum absolute atomic E-state index is 0.0744. The second-order valence-corrected chi connectivity index (χ2v) is 5.28. The van der Waals surface area contributed by atoms with Crippen molar-refractivity contribution < 1.29 is 18.3 Å². The number of alkyl halides is 2. The van der Waals surface area contributed by atoms with E-state index in [0.717, 1.165) is 6.42 Å². The molecule has 2 rings (SSSR count). The van der Waals surface area contributed by atoms with Gasteiger partial charge in [0.1, 0.15) is 5.75 Å². The average molecular weight is 356 g/mol. The van der Waals surface area contributed by atoms with E-state index < -0.39 is 6.61 Å². The number of nitrogens with zero attached hydrogens (tertiary/aromatic N) is 2. The maximum absolute atomic E-state index is 12.0. The van der Waals surface area contributed by atoms with E-state index in [0.29, 0.717) is 23.7 Å². The molecule has 0 saturated carbocycles. The Morgan fingerprint density at radius 1 is 1.38 bits per heavy atom. The van der Waals surface area contributed by atoms with Crippen LogP contribution in [0.2, 0.25) is 5.02 Å². The summed E-state index contributed by atoms with van der Waals surface area (Å²) in [6, 6.07) is 6.00. The molecule has 0 aliphatic rings. The number of carbonyl (C=O) groups is 1. The van der Waals surface area contributed by atoms with Gasteiger partial charge in [0, 0.05) is 25.4 Å². The van der Waals surface area contributed by atoms with Gasteiger partial charge in [-0.05, 0) is 30.2 Å². The summed E-state index contributed by atoms with van der Waals surface area (Å²) in [7, 11) is 0. The van der Waals surface area contributed by atoms with Crippen LogP contribution >= 0.6 is 11.6 Å². The minimum Gasteiger partial charge on any atom is -0.435 e. The number of rotatable bonds is 8. The Kier molecular flexibility index (Phi) is 6.74. The van der Waals surface area contributed by atoms with Gasteiger partial charge < -0.3 is 10.1 Å². The maximum atomic E-state index is 12.0. The van der Waals surface area contributed by atoms with Crippen LogP contribution in [-0.2, 0) is 11.3 Å². The van der Waals surface area contributed by atoms with Crippen molar-refractivity contribution in [1.82, 2.24) is 15.1 Å². The second kappa shape index (κ2) is 9.02. The Balaban J connectivity index is 1.70. The van der Waals surface area contributed by atoms with Gasteiger partial charge >= 0.3 is 6.61 Å². The lowest BCUT2D eigenvalue weighted by Gasteiger charge is -2.04. The lowest BCUT2D eigenvalue weighted by atomic mass is 10.2. The largest absolute Gasteiger partial charge is 0.435 e. The molecule has 0 aliphatic heterocycles. The Hall–Kier alpha value is -2.41. The Morgan fingerprint density at radius 3 is 2.75 bits per heavy atom. The number of benzene rings is 1. The van der Waals surface area contributed by atoms with Crippen LogP contribution in [0.1, 0.15) is 12.0 Å². The van der Waals surface area contributed by atoms with Gasteiger partial charge in [-0.25, -0.2) is 0 Å². The molecule has 1 aromatic carbocycles. The number of hydrogen-bond donors (Lipinski definition) is 1. The van der Waals surface area contributed by atoms with Gasteiger partial charge in [0.2, 0.25) is 5.91 Å². The number of nitrogens with one attached hydrogen (secondary N) is 1. The third kappa shape index (κ3) is 6.37. The smallest absolute Gasteiger partial charge is 0.387 e. The van der Waals surface area contributed by atoms with Gasteiger partial charge in [0.05, 0.1) is 11.2 Å². The molecule has 0 unspecified atom stereocenters. The normalized spacial score (nSPS) is 11.2. The van der Waals surface area contributed by atoms with E-state index in [-0.39, 0.29) is 11.7 Å². The van der Waals surface area contributed by atoms with Crippen molar-refractivity contribution in [1.29, 1.82) is 0 Å². The molecule has 0 saturated heterocycles. The molecule has 128 valence electrons. The van der Waals surface area contributed by atoms with Crippen molar-refractivity contribution in [2.45, 2.75) is 19.6 Å². The number of carbonyl (C=O) groups excluding carboxylic acids is 1. The van der Waals surface area contributed by atoms with Gasteiger partial charge in [0.25, 0.3) is 0 Å². The van der Waals surface area contributed by atoms with Crippen molar-refractivity contribution in [2.24, 2.45) is 0 Å². The zero-order valence-corrected chi connectivity index (χ0v) is 13.4. The summed E-state index contributed by atoms with van der Waals surface area (Å²) in [5.41, 5.74) is 0.706. The third-order valence-corrected chi connectivity index (χ3v) is 3.19. The fourth-order valence-electron chi connectivity index (χ4n) is 1.90. The number of aromatic nitrogens is 2. The van der Waals surface area contributed by atoms with Crippen LogP contribution in [0, 0.1) is 0 Å². The Bertz CT molecular complexity index is 687. The van der Waals surface area contributed by atoms with Crippen molar-refractivity contribution >= 4 is 23.6 Å². The average Bonchev–Trinajstić information content (AvgIpc) is 2.96. The molecule has 1 amide bonds. The van der Waals surface area contributed by atoms with Crippen LogP contribution in [0.5, 0.6) is 5.75 Å². The molecular weight excluding hydrogens is 340 g/mol. The van der Waals surface area contributed by atoms with Crippen LogP contribution in [0.25, 0.3) is 6.08 Å². The quantitative estimate of drug-likeness (QED) is 0.583. The highest BCUT2D eigenvalue weighted by atomic mass is 35.5. The summed E-state index contributed by atoms with van der Waals surface area (Å²) in [6.07, 6.45) is 6.96. The monoisotopic (exact) mass is 355 g/mol. The molecule has 1 heterocycles. The van der Waals surface area contributed by atoms with Gasteiger partial charge in [-0.15, -0.1) is 0 Å². The predicted octanol–water partition coefficient (Wildman–Crippen LogP) is 3.36. The minimum atomic E-state index is -2.85. The molecule has 2 aromatic rings. The first-order valence-corrected chi connectivity index (χ1v) is 7.59. The van der Waals surface area contributed by atoms with Gasteiger partial charge in [-0.3, -0.25) is 9.48 Å². The first-order valence-electron chi connectivity index (χ1n) is 7.21. The van der Waals surface area contributed by atoms with E-state index in [9.17, 15) is 13.6 Å². The molecule has 0 bridgehead atoms. The van der Waals surface area contributed by atoms with E-state index >= 15 is 0 Å². The fourth-order valence-corrected chi connectivity index (χ4v) is 2.06. The predicted molar refractivity (Wildman–Crippen MR) is 87.0 cm³/mol. The highest BCUT2D eigenvalue weighted by Gasteiger charge is 2.03. The number of ether oxygens (including phenoxy) is 1. The highest BCUT2D eigenvalue weighted by Crippen LogP contribution is 2.15. The number of aryl methyl sites for hydroxylation is 1. The fraction of sp³-hybridized carbons (Fsp3) is 0.250. The third-order valence-electron chi connectivity index (χ3n) is 3.00. The molecular formula is C16H16ClF2N3O2. The lowest BCUT2D eigenvalue weighted by molar-refractivity contribution is -0.116. The molecule has 1 N–H and O–H groups in total. The summed E-state index contributed by atoms with van der Waals surface area (Å²) in [6.45, 7) is -1.70. The number of amides is 1. The molecule has 0 fully saturated rings. The van der Waals surface area contributed by atoms with Crippen LogP contribution in [-0.4, -0.2) is 28.8 Å². The van der Waals surface area contributed by atoms with Crippen molar-refractivity contribution in [2.75, 3.05) is 6.54 Å². The number of hydrogen-bond acceptors (Lipinski definition) is 3. The van der Waals surface area contributed by atoms with E-state index in [2.05, 4.69) is 15.2 Å². The molecule has 0 radical (unpaired) electrons. The molecule has 8 heteroatoms. The summed E-state index contributed by atoms with van der Waals surface area (Å²) in [4.78, 5) is 11.7. The van der Waals surface area contributed by atoms with Crippen molar-refractivity contribution in [3.05, 3.63) is 53.3 Å². The summed E-state index contributed by atoms with van der Waals surface area (Å²) in [5.74, 6) is -0.160. The van der Waals surface area contributed by atoms with Gasteiger partial charge in [-0.2, -0.15) is 13.9 Å². The molecule has 1 aromatic heterocycles.